The fraction of sp³-hybridized carbons (Fsp3) is 0.538. The van der Waals surface area contributed by atoms with Gasteiger partial charge in [0.15, 0.2) is 0 Å². The number of hydrogen-bond donors (Lipinski definition) is 1. The molecule has 2 rings (SSSR count). The molecule has 1 saturated carbocycles. The molecule has 1 fully saturated rings. The highest BCUT2D eigenvalue weighted by Crippen LogP contribution is 2.26. The third kappa shape index (κ3) is 3.30. The van der Waals surface area contributed by atoms with Crippen LogP contribution >= 0.6 is 11.6 Å². The lowest BCUT2D eigenvalue weighted by atomic mass is 9.95. The molecule has 17 heavy (non-hydrogen) atoms. The Hall–Kier alpha value is -0.380. The molecule has 0 aliphatic heterocycles. The molecule has 1 aromatic carbocycles. The van der Waals surface area contributed by atoms with E-state index in [1.807, 2.05) is 31.3 Å². The average molecular weight is 272 g/mol. The normalized spacial score (nSPS) is 26.7. The second-order valence-electron chi connectivity index (χ2n) is 4.53. The highest BCUT2D eigenvalue weighted by molar-refractivity contribution is 7.85. The number of rotatable bonds is 3. The van der Waals surface area contributed by atoms with E-state index in [1.165, 1.54) is 6.42 Å². The van der Waals surface area contributed by atoms with Crippen molar-refractivity contribution in [2.45, 2.75) is 41.9 Å². The van der Waals surface area contributed by atoms with E-state index < -0.39 is 10.8 Å². The van der Waals surface area contributed by atoms with E-state index in [4.69, 9.17) is 11.6 Å². The average Bonchev–Trinajstić information content (AvgIpc) is 2.39. The molecule has 0 bridgehead atoms. The molecule has 0 radical (unpaired) electrons. The summed E-state index contributed by atoms with van der Waals surface area (Å²) in [5, 5.41) is 4.27. The Balaban J connectivity index is 2.06. The first-order valence-electron chi connectivity index (χ1n) is 6.04. The Morgan fingerprint density at radius 3 is 2.65 bits per heavy atom. The zero-order valence-electron chi connectivity index (χ0n) is 9.99. The molecule has 4 heteroatoms. The van der Waals surface area contributed by atoms with Gasteiger partial charge in [-0.3, -0.25) is 4.21 Å². The van der Waals surface area contributed by atoms with Gasteiger partial charge in [-0.15, -0.1) is 0 Å². The molecule has 1 aliphatic carbocycles. The van der Waals surface area contributed by atoms with Crippen LogP contribution in [0.15, 0.2) is 29.2 Å². The molecular formula is C13H18ClNOS. The maximum Gasteiger partial charge on any atom is 0.0561 e. The van der Waals surface area contributed by atoms with Crippen LogP contribution in [0.3, 0.4) is 0 Å². The van der Waals surface area contributed by atoms with Crippen LogP contribution in [0, 0.1) is 0 Å². The molecule has 0 aromatic heterocycles. The van der Waals surface area contributed by atoms with Gasteiger partial charge in [0.2, 0.25) is 0 Å². The first-order chi connectivity index (χ1) is 8.20. The molecule has 3 atom stereocenters. The van der Waals surface area contributed by atoms with Crippen LogP contribution in [0.5, 0.6) is 0 Å². The van der Waals surface area contributed by atoms with Gasteiger partial charge in [-0.25, -0.2) is 0 Å². The molecule has 0 saturated heterocycles. The SMILES string of the molecule is CNC1CCCC(S(=O)c2ccc(Cl)cc2)C1. The standard InChI is InChI=1S/C13H18ClNOS/c1-15-11-3-2-4-13(9-11)17(16)12-7-5-10(14)6-8-12/h5-8,11,13,15H,2-4,9H2,1H3. The quantitative estimate of drug-likeness (QED) is 0.916. The van der Waals surface area contributed by atoms with Crippen molar-refractivity contribution in [1.82, 2.24) is 5.32 Å². The van der Waals surface area contributed by atoms with E-state index >= 15 is 0 Å². The maximum atomic E-state index is 12.4. The molecular weight excluding hydrogens is 254 g/mol. The van der Waals surface area contributed by atoms with Gasteiger partial charge in [-0.05, 0) is 50.6 Å². The third-order valence-corrected chi connectivity index (χ3v) is 5.41. The molecule has 0 amide bonds. The van der Waals surface area contributed by atoms with Crippen LogP contribution in [0.4, 0.5) is 0 Å². The van der Waals surface area contributed by atoms with Gasteiger partial charge in [-0.1, -0.05) is 18.0 Å². The molecule has 1 aliphatic rings. The summed E-state index contributed by atoms with van der Waals surface area (Å²) in [6.45, 7) is 0. The number of benzene rings is 1. The van der Waals surface area contributed by atoms with Crippen LogP contribution in [-0.4, -0.2) is 22.5 Å². The van der Waals surface area contributed by atoms with E-state index in [1.54, 1.807) is 0 Å². The van der Waals surface area contributed by atoms with Crippen molar-refractivity contribution in [3.05, 3.63) is 29.3 Å². The largest absolute Gasteiger partial charge is 0.317 e. The number of nitrogens with one attached hydrogen (secondary N) is 1. The summed E-state index contributed by atoms with van der Waals surface area (Å²) in [6, 6.07) is 7.90. The van der Waals surface area contributed by atoms with Crippen molar-refractivity contribution in [3.8, 4) is 0 Å². The van der Waals surface area contributed by atoms with E-state index in [-0.39, 0.29) is 5.25 Å². The summed E-state index contributed by atoms with van der Waals surface area (Å²) in [5.74, 6) is 0. The predicted octanol–water partition coefficient (Wildman–Crippen LogP) is 2.98. The van der Waals surface area contributed by atoms with Crippen molar-refractivity contribution >= 4 is 22.4 Å². The lowest BCUT2D eigenvalue weighted by Gasteiger charge is -2.28. The minimum atomic E-state index is -0.899. The van der Waals surface area contributed by atoms with Crippen LogP contribution in [0.2, 0.25) is 5.02 Å². The monoisotopic (exact) mass is 271 g/mol. The predicted molar refractivity (Wildman–Crippen MR) is 73.0 cm³/mol. The Morgan fingerprint density at radius 2 is 2.00 bits per heavy atom. The Kier molecular flexibility index (Phi) is 4.60. The van der Waals surface area contributed by atoms with Crippen LogP contribution < -0.4 is 5.32 Å². The Morgan fingerprint density at radius 1 is 1.29 bits per heavy atom. The minimum Gasteiger partial charge on any atom is -0.317 e. The third-order valence-electron chi connectivity index (χ3n) is 3.38. The zero-order chi connectivity index (χ0) is 12.3. The summed E-state index contributed by atoms with van der Waals surface area (Å²) in [5.41, 5.74) is 0. The van der Waals surface area contributed by atoms with Crippen LogP contribution in [-0.2, 0) is 10.8 Å². The van der Waals surface area contributed by atoms with Gasteiger partial charge < -0.3 is 5.32 Å². The van der Waals surface area contributed by atoms with Gasteiger partial charge in [0.25, 0.3) is 0 Å². The van der Waals surface area contributed by atoms with Crippen LogP contribution in [0.25, 0.3) is 0 Å². The molecule has 0 spiro atoms. The molecule has 94 valence electrons. The molecule has 1 aromatic rings. The van der Waals surface area contributed by atoms with E-state index in [0.717, 1.165) is 24.2 Å². The highest BCUT2D eigenvalue weighted by Gasteiger charge is 2.26. The molecule has 2 nitrogen and oxygen atoms in total. The van der Waals surface area contributed by atoms with Crippen molar-refractivity contribution < 1.29 is 4.21 Å². The second-order valence-corrected chi connectivity index (χ2v) is 6.69. The summed E-state index contributed by atoms with van der Waals surface area (Å²) in [4.78, 5) is 0.899. The first kappa shape index (κ1) is 13.1. The van der Waals surface area contributed by atoms with Crippen molar-refractivity contribution in [2.75, 3.05) is 7.05 Å². The van der Waals surface area contributed by atoms with Gasteiger partial charge in [0.05, 0.1) is 10.8 Å². The van der Waals surface area contributed by atoms with Crippen molar-refractivity contribution in [1.29, 1.82) is 0 Å². The second kappa shape index (κ2) is 5.98. The van der Waals surface area contributed by atoms with E-state index in [2.05, 4.69) is 5.32 Å². The molecule has 0 heterocycles. The number of halogens is 1. The van der Waals surface area contributed by atoms with Gasteiger partial charge in [0.1, 0.15) is 0 Å². The van der Waals surface area contributed by atoms with Crippen LogP contribution in [0.1, 0.15) is 25.7 Å². The highest BCUT2D eigenvalue weighted by atomic mass is 35.5. The topological polar surface area (TPSA) is 29.1 Å². The Labute approximate surface area is 110 Å². The smallest absolute Gasteiger partial charge is 0.0561 e. The first-order valence-corrected chi connectivity index (χ1v) is 7.63. The number of hydrogen-bond acceptors (Lipinski definition) is 2. The van der Waals surface area contributed by atoms with E-state index in [0.29, 0.717) is 11.1 Å². The van der Waals surface area contributed by atoms with Crippen molar-refractivity contribution in [2.24, 2.45) is 0 Å². The fourth-order valence-corrected chi connectivity index (χ4v) is 4.07. The summed E-state index contributed by atoms with van der Waals surface area (Å²) >= 11 is 5.84. The summed E-state index contributed by atoms with van der Waals surface area (Å²) < 4.78 is 12.4. The lowest BCUT2D eigenvalue weighted by molar-refractivity contribution is 0.398. The summed E-state index contributed by atoms with van der Waals surface area (Å²) in [7, 11) is 1.09. The van der Waals surface area contributed by atoms with E-state index in [9.17, 15) is 4.21 Å². The van der Waals surface area contributed by atoms with Gasteiger partial charge in [-0.2, -0.15) is 0 Å². The molecule has 3 unspecified atom stereocenters. The zero-order valence-corrected chi connectivity index (χ0v) is 11.6. The lowest BCUT2D eigenvalue weighted by Crippen LogP contribution is -2.35. The molecule has 1 N–H and O–H groups in total. The van der Waals surface area contributed by atoms with Gasteiger partial charge in [0, 0.05) is 21.2 Å². The maximum absolute atomic E-state index is 12.4. The van der Waals surface area contributed by atoms with Gasteiger partial charge >= 0.3 is 0 Å². The minimum absolute atomic E-state index is 0.280. The Bertz CT molecular complexity index is 393. The fourth-order valence-electron chi connectivity index (χ4n) is 2.36. The van der Waals surface area contributed by atoms with Crippen molar-refractivity contribution in [3.63, 3.8) is 0 Å². The summed E-state index contributed by atoms with van der Waals surface area (Å²) in [6.07, 6.45) is 4.43.